The maximum Gasteiger partial charge on any atom is 0.0738 e. The van der Waals surface area contributed by atoms with Gasteiger partial charge in [-0.05, 0) is 27.5 Å². The molecule has 0 radical (unpaired) electrons. The van der Waals surface area contributed by atoms with Gasteiger partial charge in [0.2, 0.25) is 0 Å². The molecule has 2 rings (SSSR count). The topological polar surface area (TPSA) is 25.8 Å². The molecule has 0 fully saturated rings. The van der Waals surface area contributed by atoms with Crippen LogP contribution in [0.4, 0.5) is 0 Å². The van der Waals surface area contributed by atoms with Gasteiger partial charge in [0.1, 0.15) is 0 Å². The lowest BCUT2D eigenvalue weighted by Crippen LogP contribution is -1.86. The molecular formula is C14H14N2S3. The molecule has 5 heteroatoms. The Balaban J connectivity index is 1.56. The monoisotopic (exact) mass is 306 g/mol. The van der Waals surface area contributed by atoms with E-state index in [1.165, 1.54) is 5.56 Å². The molecule has 2 aromatic rings. The van der Waals surface area contributed by atoms with Gasteiger partial charge in [-0.1, -0.05) is 64.1 Å². The molecule has 0 aliphatic carbocycles. The lowest BCUT2D eigenvalue weighted by atomic mass is 10.2. The summed E-state index contributed by atoms with van der Waals surface area (Å²) < 4.78 is 0. The predicted molar refractivity (Wildman–Crippen MR) is 88.9 cm³/mol. The van der Waals surface area contributed by atoms with Crippen LogP contribution in [0.15, 0.2) is 54.7 Å². The number of aromatic nitrogens is 2. The maximum absolute atomic E-state index is 4.04. The molecular weight excluding hydrogens is 292 g/mol. The highest BCUT2D eigenvalue weighted by Crippen LogP contribution is 2.36. The molecule has 98 valence electrons. The predicted octanol–water partition coefficient (Wildman–Crippen LogP) is 4.72. The molecule has 0 spiro atoms. The Labute approximate surface area is 125 Å². The van der Waals surface area contributed by atoms with Gasteiger partial charge >= 0.3 is 0 Å². The van der Waals surface area contributed by atoms with Gasteiger partial charge in [0.05, 0.1) is 5.69 Å². The van der Waals surface area contributed by atoms with Gasteiger partial charge in [0.25, 0.3) is 0 Å². The molecule has 0 saturated carbocycles. The number of benzene rings is 1. The molecule has 0 aliphatic rings. The van der Waals surface area contributed by atoms with Crippen LogP contribution >= 0.6 is 31.4 Å². The first-order valence-corrected chi connectivity index (χ1v) is 9.66. The Morgan fingerprint density at radius 1 is 1.00 bits per heavy atom. The summed E-state index contributed by atoms with van der Waals surface area (Å²) in [5, 5.41) is 7.90. The van der Waals surface area contributed by atoms with E-state index in [9.17, 15) is 0 Å². The number of rotatable bonds is 7. The molecule has 0 saturated heterocycles. The van der Waals surface area contributed by atoms with Crippen molar-refractivity contribution >= 4 is 37.5 Å². The Morgan fingerprint density at radius 3 is 2.68 bits per heavy atom. The van der Waals surface area contributed by atoms with E-state index in [4.69, 9.17) is 0 Å². The van der Waals surface area contributed by atoms with Crippen LogP contribution in [0.3, 0.4) is 0 Å². The van der Waals surface area contributed by atoms with Crippen LogP contribution < -0.4 is 0 Å². The van der Waals surface area contributed by atoms with Gasteiger partial charge in [-0.15, -0.1) is 0 Å². The minimum atomic E-state index is 0.897. The van der Waals surface area contributed by atoms with Crippen LogP contribution in [0.5, 0.6) is 0 Å². The Kier molecular flexibility index (Phi) is 6.92. The molecule has 0 N–H and O–H groups in total. The second kappa shape index (κ2) is 9.07. The zero-order chi connectivity index (χ0) is 13.2. The van der Waals surface area contributed by atoms with E-state index < -0.39 is 0 Å². The Morgan fingerprint density at radius 2 is 1.89 bits per heavy atom. The highest BCUT2D eigenvalue weighted by molar-refractivity contribution is 9.09. The maximum atomic E-state index is 4.04. The largest absolute Gasteiger partial charge is 0.159 e. The third-order valence-corrected chi connectivity index (χ3v) is 6.21. The minimum Gasteiger partial charge on any atom is -0.159 e. The minimum absolute atomic E-state index is 0.897. The second-order valence-electron chi connectivity index (χ2n) is 3.64. The number of hydrogen-bond donors (Lipinski definition) is 0. The van der Waals surface area contributed by atoms with Crippen LogP contribution in [-0.4, -0.2) is 16.0 Å². The third kappa shape index (κ3) is 6.18. The molecule has 1 heterocycles. The van der Waals surface area contributed by atoms with Gasteiger partial charge in [-0.3, -0.25) is 0 Å². The zero-order valence-electron chi connectivity index (χ0n) is 10.3. The fourth-order valence-electron chi connectivity index (χ4n) is 1.34. The fourth-order valence-corrected chi connectivity index (χ4v) is 4.62. The van der Waals surface area contributed by atoms with E-state index in [1.807, 2.05) is 29.0 Å². The molecule has 19 heavy (non-hydrogen) atoms. The summed E-state index contributed by atoms with van der Waals surface area (Å²) >= 11 is 0. The first kappa shape index (κ1) is 14.5. The molecule has 1 aromatic heterocycles. The van der Waals surface area contributed by atoms with Crippen molar-refractivity contribution in [3.8, 4) is 0 Å². The van der Waals surface area contributed by atoms with Crippen molar-refractivity contribution in [1.29, 1.82) is 0 Å². The summed E-state index contributed by atoms with van der Waals surface area (Å²) in [5.74, 6) is 1.90. The molecule has 0 amide bonds. The van der Waals surface area contributed by atoms with E-state index in [0.29, 0.717) is 0 Å². The smallest absolute Gasteiger partial charge is 0.0738 e. The summed E-state index contributed by atoms with van der Waals surface area (Å²) in [6.45, 7) is 0. The standard InChI is InChI=1S/C14H14N2S3/c1-2-6-13(7-3-1)8-5-11-17-19-18-12-14-9-4-10-15-16-14/h1-10H,11-12H2. The van der Waals surface area contributed by atoms with Crippen LogP contribution in [0.25, 0.3) is 6.08 Å². The summed E-state index contributed by atoms with van der Waals surface area (Å²) in [6.07, 6.45) is 6.04. The van der Waals surface area contributed by atoms with Crippen molar-refractivity contribution in [2.45, 2.75) is 5.75 Å². The lowest BCUT2D eigenvalue weighted by molar-refractivity contribution is 0.972. The average molecular weight is 306 g/mol. The normalized spacial score (nSPS) is 10.9. The summed E-state index contributed by atoms with van der Waals surface area (Å²) in [7, 11) is 5.43. The Bertz CT molecular complexity index is 489. The van der Waals surface area contributed by atoms with Gasteiger partial charge < -0.3 is 0 Å². The van der Waals surface area contributed by atoms with Crippen LogP contribution in [0.1, 0.15) is 11.3 Å². The fraction of sp³-hybridized carbons (Fsp3) is 0.143. The molecule has 0 bridgehead atoms. The van der Waals surface area contributed by atoms with Crippen molar-refractivity contribution < 1.29 is 0 Å². The summed E-state index contributed by atoms with van der Waals surface area (Å²) in [5.41, 5.74) is 2.28. The van der Waals surface area contributed by atoms with Gasteiger partial charge in [0.15, 0.2) is 0 Å². The van der Waals surface area contributed by atoms with E-state index >= 15 is 0 Å². The highest BCUT2D eigenvalue weighted by Gasteiger charge is 1.95. The van der Waals surface area contributed by atoms with Crippen LogP contribution in [0.2, 0.25) is 0 Å². The second-order valence-corrected chi connectivity index (χ2v) is 7.92. The number of nitrogens with zero attached hydrogens (tertiary/aromatic N) is 2. The molecule has 2 nitrogen and oxygen atoms in total. The van der Waals surface area contributed by atoms with E-state index in [-0.39, 0.29) is 0 Å². The quantitative estimate of drug-likeness (QED) is 0.544. The van der Waals surface area contributed by atoms with Gasteiger partial charge in [-0.25, -0.2) is 0 Å². The molecule has 0 atom stereocenters. The van der Waals surface area contributed by atoms with Crippen molar-refractivity contribution in [3.63, 3.8) is 0 Å². The molecule has 1 aromatic carbocycles. The van der Waals surface area contributed by atoms with Crippen LogP contribution in [-0.2, 0) is 5.75 Å². The highest BCUT2D eigenvalue weighted by atomic mass is 33.5. The van der Waals surface area contributed by atoms with E-state index in [2.05, 4.69) is 46.6 Å². The third-order valence-electron chi connectivity index (χ3n) is 2.20. The molecule has 0 aliphatic heterocycles. The average Bonchev–Trinajstić information content (AvgIpc) is 2.48. The van der Waals surface area contributed by atoms with Gasteiger partial charge in [-0.2, -0.15) is 10.2 Å². The summed E-state index contributed by atoms with van der Waals surface area (Å²) in [6, 6.07) is 14.3. The van der Waals surface area contributed by atoms with Crippen molar-refractivity contribution in [3.05, 3.63) is 66.0 Å². The zero-order valence-corrected chi connectivity index (χ0v) is 12.8. The van der Waals surface area contributed by atoms with E-state index in [0.717, 1.165) is 17.2 Å². The SMILES string of the molecule is C(=Cc1ccccc1)CSSSCc1cccnn1. The van der Waals surface area contributed by atoms with E-state index in [1.54, 1.807) is 26.8 Å². The van der Waals surface area contributed by atoms with Crippen molar-refractivity contribution in [2.24, 2.45) is 0 Å². The van der Waals surface area contributed by atoms with Crippen LogP contribution in [0, 0.1) is 0 Å². The first-order valence-electron chi connectivity index (χ1n) is 5.84. The molecule has 0 unspecified atom stereocenters. The Hall–Kier alpha value is -0.910. The number of hydrogen-bond acceptors (Lipinski definition) is 5. The van der Waals surface area contributed by atoms with Gasteiger partial charge in [0, 0.05) is 17.7 Å². The lowest BCUT2D eigenvalue weighted by Gasteiger charge is -1.97. The van der Waals surface area contributed by atoms with Crippen molar-refractivity contribution in [1.82, 2.24) is 10.2 Å². The van der Waals surface area contributed by atoms with Crippen molar-refractivity contribution in [2.75, 3.05) is 5.75 Å². The first-order chi connectivity index (χ1) is 9.45. The summed E-state index contributed by atoms with van der Waals surface area (Å²) in [4.78, 5) is 0.